The number of furan rings is 1. The van der Waals surface area contributed by atoms with Gasteiger partial charge in [-0.05, 0) is 11.6 Å². The third-order valence-corrected chi connectivity index (χ3v) is 2.23. The Balaban J connectivity index is 2.44. The van der Waals surface area contributed by atoms with E-state index in [0.29, 0.717) is 5.57 Å². The van der Waals surface area contributed by atoms with Gasteiger partial charge in [-0.1, -0.05) is 24.8 Å². The van der Waals surface area contributed by atoms with Gasteiger partial charge in [-0.2, -0.15) is 0 Å². The molecule has 3 nitrogen and oxygen atoms in total. The average Bonchev–Trinajstić information content (AvgIpc) is 2.59. The fourth-order valence-electron chi connectivity index (χ4n) is 1.53. The minimum Gasteiger partial charge on any atom is -0.481 e. The normalized spacial score (nSPS) is 10.4. The number of carboxylic acids is 1. The van der Waals surface area contributed by atoms with Crippen LogP contribution in [0.15, 0.2) is 41.5 Å². The highest BCUT2D eigenvalue weighted by Gasteiger charge is 2.10. The molecule has 1 heterocycles. The molecule has 0 spiro atoms. The topological polar surface area (TPSA) is 50.4 Å². The fraction of sp³-hybridized carbons (Fsp3) is 0.0833. The van der Waals surface area contributed by atoms with Crippen molar-refractivity contribution in [1.82, 2.24) is 0 Å². The van der Waals surface area contributed by atoms with Crippen LogP contribution >= 0.6 is 0 Å². The lowest BCUT2D eigenvalue weighted by Crippen LogP contribution is -1.95. The summed E-state index contributed by atoms with van der Waals surface area (Å²) >= 11 is 0. The zero-order valence-electron chi connectivity index (χ0n) is 8.06. The summed E-state index contributed by atoms with van der Waals surface area (Å²) in [4.78, 5) is 10.5. The van der Waals surface area contributed by atoms with Crippen molar-refractivity contribution < 1.29 is 14.3 Å². The van der Waals surface area contributed by atoms with Crippen LogP contribution in [0.1, 0.15) is 12.0 Å². The van der Waals surface area contributed by atoms with E-state index in [0.717, 1.165) is 16.5 Å². The van der Waals surface area contributed by atoms with Crippen LogP contribution in [0.3, 0.4) is 0 Å². The summed E-state index contributed by atoms with van der Waals surface area (Å²) in [6.07, 6.45) is 1.49. The highest BCUT2D eigenvalue weighted by Crippen LogP contribution is 2.27. The fourth-order valence-corrected chi connectivity index (χ4v) is 1.53. The second-order valence-electron chi connectivity index (χ2n) is 3.32. The van der Waals surface area contributed by atoms with Gasteiger partial charge in [0.15, 0.2) is 0 Å². The molecule has 1 aromatic carbocycles. The first-order chi connectivity index (χ1) is 7.18. The van der Waals surface area contributed by atoms with Crippen LogP contribution in [0.4, 0.5) is 0 Å². The summed E-state index contributed by atoms with van der Waals surface area (Å²) in [5.41, 5.74) is 2.08. The highest BCUT2D eigenvalue weighted by molar-refractivity contribution is 5.94. The van der Waals surface area contributed by atoms with Crippen LogP contribution in [-0.2, 0) is 4.79 Å². The standard InChI is InChI=1S/C12H10O3/c1-8(6-12(13)14)10-7-15-11-5-3-2-4-9(10)11/h2-5,7H,1,6H2,(H,13,14). The van der Waals surface area contributed by atoms with Gasteiger partial charge in [0.05, 0.1) is 12.7 Å². The first kappa shape index (κ1) is 9.52. The summed E-state index contributed by atoms with van der Waals surface area (Å²) in [6.45, 7) is 3.75. The third-order valence-electron chi connectivity index (χ3n) is 2.23. The molecular weight excluding hydrogens is 192 g/mol. The largest absolute Gasteiger partial charge is 0.481 e. The molecule has 0 aliphatic rings. The maximum Gasteiger partial charge on any atom is 0.307 e. The van der Waals surface area contributed by atoms with Crippen molar-refractivity contribution in [2.45, 2.75) is 6.42 Å². The van der Waals surface area contributed by atoms with Gasteiger partial charge in [0.2, 0.25) is 0 Å². The van der Waals surface area contributed by atoms with E-state index >= 15 is 0 Å². The molecule has 15 heavy (non-hydrogen) atoms. The van der Waals surface area contributed by atoms with Crippen molar-refractivity contribution in [2.24, 2.45) is 0 Å². The summed E-state index contributed by atoms with van der Waals surface area (Å²) in [5, 5.41) is 9.57. The van der Waals surface area contributed by atoms with E-state index in [1.807, 2.05) is 24.3 Å². The molecule has 0 saturated carbocycles. The number of rotatable bonds is 3. The Morgan fingerprint density at radius 2 is 2.13 bits per heavy atom. The molecule has 0 aliphatic carbocycles. The van der Waals surface area contributed by atoms with Crippen molar-refractivity contribution in [3.63, 3.8) is 0 Å². The predicted octanol–water partition coefficient (Wildman–Crippen LogP) is 2.92. The van der Waals surface area contributed by atoms with Crippen molar-refractivity contribution in [3.05, 3.63) is 42.7 Å². The smallest absolute Gasteiger partial charge is 0.307 e. The van der Waals surface area contributed by atoms with Gasteiger partial charge in [-0.15, -0.1) is 0 Å². The van der Waals surface area contributed by atoms with Gasteiger partial charge in [0.1, 0.15) is 5.58 Å². The number of para-hydroxylation sites is 1. The monoisotopic (exact) mass is 202 g/mol. The second-order valence-corrected chi connectivity index (χ2v) is 3.32. The zero-order chi connectivity index (χ0) is 10.8. The molecule has 0 fully saturated rings. The van der Waals surface area contributed by atoms with Crippen LogP contribution in [0.2, 0.25) is 0 Å². The van der Waals surface area contributed by atoms with Gasteiger partial charge in [-0.3, -0.25) is 4.79 Å². The molecule has 0 saturated heterocycles. The van der Waals surface area contributed by atoms with E-state index in [2.05, 4.69) is 6.58 Å². The first-order valence-electron chi connectivity index (χ1n) is 4.54. The Morgan fingerprint density at radius 1 is 1.40 bits per heavy atom. The lowest BCUT2D eigenvalue weighted by molar-refractivity contribution is -0.135. The Labute approximate surface area is 86.6 Å². The Hall–Kier alpha value is -2.03. The van der Waals surface area contributed by atoms with E-state index in [1.165, 1.54) is 0 Å². The summed E-state index contributed by atoms with van der Waals surface area (Å²) in [6, 6.07) is 7.49. The number of benzene rings is 1. The molecule has 1 aromatic heterocycles. The third kappa shape index (κ3) is 1.76. The van der Waals surface area contributed by atoms with Gasteiger partial charge >= 0.3 is 5.97 Å². The lowest BCUT2D eigenvalue weighted by Gasteiger charge is -1.98. The van der Waals surface area contributed by atoms with E-state index in [-0.39, 0.29) is 6.42 Å². The van der Waals surface area contributed by atoms with Crippen LogP contribution in [0, 0.1) is 0 Å². The summed E-state index contributed by atoms with van der Waals surface area (Å²) in [7, 11) is 0. The maximum atomic E-state index is 10.5. The quantitative estimate of drug-likeness (QED) is 0.832. The van der Waals surface area contributed by atoms with Crippen molar-refractivity contribution in [2.75, 3.05) is 0 Å². The van der Waals surface area contributed by atoms with E-state index in [4.69, 9.17) is 9.52 Å². The van der Waals surface area contributed by atoms with Gasteiger partial charge in [0, 0.05) is 10.9 Å². The van der Waals surface area contributed by atoms with Crippen molar-refractivity contribution in [3.8, 4) is 0 Å². The summed E-state index contributed by atoms with van der Waals surface area (Å²) < 4.78 is 5.30. The Morgan fingerprint density at radius 3 is 2.87 bits per heavy atom. The first-order valence-corrected chi connectivity index (χ1v) is 4.54. The average molecular weight is 202 g/mol. The molecule has 0 atom stereocenters. The molecule has 0 radical (unpaired) electrons. The zero-order valence-corrected chi connectivity index (χ0v) is 8.06. The number of hydrogen-bond acceptors (Lipinski definition) is 2. The number of hydrogen-bond donors (Lipinski definition) is 1. The number of fused-ring (bicyclic) bond motifs is 1. The molecule has 0 bridgehead atoms. The van der Waals surface area contributed by atoms with Crippen LogP contribution in [0.25, 0.3) is 16.5 Å². The molecule has 2 aromatic rings. The molecule has 0 unspecified atom stereocenters. The van der Waals surface area contributed by atoms with Crippen molar-refractivity contribution in [1.29, 1.82) is 0 Å². The highest BCUT2D eigenvalue weighted by atomic mass is 16.4. The number of carbonyl (C=O) groups is 1. The maximum absolute atomic E-state index is 10.5. The molecule has 2 rings (SSSR count). The van der Waals surface area contributed by atoms with Crippen LogP contribution < -0.4 is 0 Å². The van der Waals surface area contributed by atoms with Crippen LogP contribution in [-0.4, -0.2) is 11.1 Å². The van der Waals surface area contributed by atoms with E-state index < -0.39 is 5.97 Å². The van der Waals surface area contributed by atoms with E-state index in [1.54, 1.807) is 6.26 Å². The number of carboxylic acid groups (broad SMARTS) is 1. The molecular formula is C12H10O3. The van der Waals surface area contributed by atoms with Gasteiger partial charge in [0.25, 0.3) is 0 Å². The second kappa shape index (κ2) is 3.61. The Bertz CT molecular complexity index is 522. The minimum atomic E-state index is -0.884. The van der Waals surface area contributed by atoms with E-state index in [9.17, 15) is 4.79 Å². The summed E-state index contributed by atoms with van der Waals surface area (Å²) in [5.74, 6) is -0.884. The van der Waals surface area contributed by atoms with Gasteiger partial charge in [-0.25, -0.2) is 0 Å². The van der Waals surface area contributed by atoms with Gasteiger partial charge < -0.3 is 9.52 Å². The number of aliphatic carboxylic acids is 1. The molecule has 76 valence electrons. The molecule has 0 amide bonds. The molecule has 3 heteroatoms. The SMILES string of the molecule is C=C(CC(=O)O)c1coc2ccccc12. The van der Waals surface area contributed by atoms with Crippen LogP contribution in [0.5, 0.6) is 0 Å². The predicted molar refractivity (Wildman–Crippen MR) is 57.5 cm³/mol. The minimum absolute atomic E-state index is 0.0659. The lowest BCUT2D eigenvalue weighted by atomic mass is 10.0. The van der Waals surface area contributed by atoms with Crippen molar-refractivity contribution >= 4 is 22.5 Å². The molecule has 1 N–H and O–H groups in total. The Kier molecular flexibility index (Phi) is 2.29. The molecule has 0 aliphatic heterocycles.